The average Bonchev–Trinajstić information content (AvgIpc) is 2.34. The smallest absolute Gasteiger partial charge is 0.349 e. The number of carbonyl (C=O) groups is 2. The van der Waals surface area contributed by atoms with Gasteiger partial charge in [0.15, 0.2) is 0 Å². The molecule has 1 rings (SSSR count). The summed E-state index contributed by atoms with van der Waals surface area (Å²) in [4.78, 5) is 25.3. The lowest BCUT2D eigenvalue weighted by atomic mass is 10.1. The summed E-state index contributed by atoms with van der Waals surface area (Å²) >= 11 is 0. The van der Waals surface area contributed by atoms with Gasteiger partial charge in [0.2, 0.25) is 0 Å². The van der Waals surface area contributed by atoms with E-state index in [-0.39, 0.29) is 25.0 Å². The van der Waals surface area contributed by atoms with Gasteiger partial charge in [-0.25, -0.2) is 4.79 Å². The van der Waals surface area contributed by atoms with E-state index in [0.29, 0.717) is 6.54 Å². The Morgan fingerprint density at radius 1 is 1.06 bits per heavy atom. The van der Waals surface area contributed by atoms with Gasteiger partial charge in [-0.15, -0.1) is 0 Å². The Bertz CT molecular complexity index is 440. The minimum absolute atomic E-state index is 0.0279. The van der Waals surface area contributed by atoms with Gasteiger partial charge in [-0.2, -0.15) is 0 Å². The average molecular weight is 249 g/mol. The Balaban J connectivity index is 2.56. The summed E-state index contributed by atoms with van der Waals surface area (Å²) in [6.45, 7) is 0.301. The van der Waals surface area contributed by atoms with Crippen molar-refractivity contribution in [1.82, 2.24) is 0 Å². The lowest BCUT2D eigenvalue weighted by Gasteiger charge is -2.01. The summed E-state index contributed by atoms with van der Waals surface area (Å²) in [7, 11) is 0. The first kappa shape index (κ1) is 13.9. The molecule has 1 aromatic carbocycles. The highest BCUT2D eigenvalue weighted by molar-refractivity contribution is 6.35. The quantitative estimate of drug-likeness (QED) is 0.723. The molecule has 0 aromatic heterocycles. The predicted octanol–water partition coefficient (Wildman–Crippen LogP) is 1.97. The number of hydrogen-bond acceptors (Lipinski definition) is 3. The van der Waals surface area contributed by atoms with Crippen molar-refractivity contribution in [3.05, 3.63) is 35.9 Å². The third-order valence-electron chi connectivity index (χ3n) is 2.35. The van der Waals surface area contributed by atoms with E-state index in [9.17, 15) is 9.59 Å². The summed E-state index contributed by atoms with van der Waals surface area (Å²) < 4.78 is 0. The fourth-order valence-corrected chi connectivity index (χ4v) is 1.43. The van der Waals surface area contributed by atoms with Crippen LogP contribution < -0.4 is 0 Å². The van der Waals surface area contributed by atoms with Gasteiger partial charge in [-0.3, -0.25) is 9.79 Å². The minimum Gasteiger partial charge on any atom is -0.481 e. The molecule has 2 N–H and O–H groups in total. The molecule has 0 saturated heterocycles. The van der Waals surface area contributed by atoms with Crippen molar-refractivity contribution in [1.29, 1.82) is 0 Å². The molecule has 5 heteroatoms. The van der Waals surface area contributed by atoms with E-state index in [1.807, 2.05) is 30.3 Å². The lowest BCUT2D eigenvalue weighted by molar-refractivity contribution is -0.137. The van der Waals surface area contributed by atoms with Gasteiger partial charge in [0, 0.05) is 6.42 Å². The largest absolute Gasteiger partial charge is 0.481 e. The van der Waals surface area contributed by atoms with Crippen LogP contribution in [0.2, 0.25) is 0 Å². The summed E-state index contributed by atoms with van der Waals surface area (Å²) in [5.41, 5.74) is 0.953. The molecule has 1 aromatic rings. The highest BCUT2D eigenvalue weighted by atomic mass is 16.4. The first-order chi connectivity index (χ1) is 8.59. The van der Waals surface area contributed by atoms with Crippen molar-refractivity contribution in [2.75, 3.05) is 0 Å². The maximum absolute atomic E-state index is 10.9. The van der Waals surface area contributed by atoms with E-state index in [1.54, 1.807) is 0 Å². The first-order valence-electron chi connectivity index (χ1n) is 5.62. The van der Waals surface area contributed by atoms with Gasteiger partial charge in [0.05, 0.1) is 6.54 Å². The molecule has 0 saturated carbocycles. The van der Waals surface area contributed by atoms with Crippen molar-refractivity contribution in [2.24, 2.45) is 4.99 Å². The Labute approximate surface area is 105 Å². The molecule has 0 aliphatic carbocycles. The van der Waals surface area contributed by atoms with Gasteiger partial charge in [-0.05, 0) is 18.4 Å². The molecule has 0 spiro atoms. The van der Waals surface area contributed by atoms with Gasteiger partial charge in [-0.1, -0.05) is 30.3 Å². The second kappa shape index (κ2) is 7.21. The summed E-state index contributed by atoms with van der Waals surface area (Å²) in [6, 6.07) is 9.31. The summed E-state index contributed by atoms with van der Waals surface area (Å²) in [5.74, 6) is -2.01. The fraction of sp³-hybridized carbons (Fsp3) is 0.308. The molecule has 18 heavy (non-hydrogen) atoms. The van der Waals surface area contributed by atoms with Crippen LogP contribution in [0.25, 0.3) is 0 Å². The zero-order valence-corrected chi connectivity index (χ0v) is 9.87. The summed E-state index contributed by atoms with van der Waals surface area (Å²) in [5, 5.41) is 17.4. The van der Waals surface area contributed by atoms with Crippen LogP contribution in [0, 0.1) is 0 Å². The standard InChI is InChI=1S/C13H15NO4/c15-12(16)8-4-7-11(13(17)18)14-9-10-5-2-1-3-6-10/h1-3,5-6H,4,7-9H2,(H,15,16)(H,17,18). The molecular weight excluding hydrogens is 234 g/mol. The van der Waals surface area contributed by atoms with Crippen LogP contribution in [0.5, 0.6) is 0 Å². The SMILES string of the molecule is O=C(O)CCCC(=NCc1ccccc1)C(=O)O. The minimum atomic E-state index is -1.09. The van der Waals surface area contributed by atoms with E-state index in [0.717, 1.165) is 5.56 Å². The van der Waals surface area contributed by atoms with Crippen molar-refractivity contribution < 1.29 is 19.8 Å². The van der Waals surface area contributed by atoms with E-state index in [4.69, 9.17) is 10.2 Å². The molecular formula is C13H15NO4. The van der Waals surface area contributed by atoms with E-state index in [2.05, 4.69) is 4.99 Å². The van der Waals surface area contributed by atoms with Crippen molar-refractivity contribution >= 4 is 17.7 Å². The highest BCUT2D eigenvalue weighted by Gasteiger charge is 2.09. The van der Waals surface area contributed by atoms with Crippen molar-refractivity contribution in [3.63, 3.8) is 0 Å². The third-order valence-corrected chi connectivity index (χ3v) is 2.35. The second-order valence-corrected chi connectivity index (χ2v) is 3.80. The third kappa shape index (κ3) is 5.25. The van der Waals surface area contributed by atoms with Crippen LogP contribution in [-0.2, 0) is 16.1 Å². The molecule has 5 nitrogen and oxygen atoms in total. The monoisotopic (exact) mass is 249 g/mol. The van der Waals surface area contributed by atoms with E-state index >= 15 is 0 Å². The Morgan fingerprint density at radius 2 is 1.72 bits per heavy atom. The van der Waals surface area contributed by atoms with E-state index in [1.165, 1.54) is 0 Å². The molecule has 0 heterocycles. The summed E-state index contributed by atoms with van der Waals surface area (Å²) in [6.07, 6.45) is 0.418. The zero-order valence-electron chi connectivity index (χ0n) is 9.87. The highest BCUT2D eigenvalue weighted by Crippen LogP contribution is 2.04. The molecule has 0 radical (unpaired) electrons. The maximum atomic E-state index is 10.9. The number of aliphatic imine (C=N–C) groups is 1. The van der Waals surface area contributed by atoms with E-state index < -0.39 is 11.9 Å². The van der Waals surface area contributed by atoms with Crippen LogP contribution in [0.1, 0.15) is 24.8 Å². The number of carboxylic acid groups (broad SMARTS) is 2. The Kier molecular flexibility index (Phi) is 5.57. The molecule has 96 valence electrons. The molecule has 0 unspecified atom stereocenters. The molecule has 0 aliphatic rings. The molecule has 0 aliphatic heterocycles. The van der Waals surface area contributed by atoms with Gasteiger partial charge >= 0.3 is 11.9 Å². The number of aliphatic carboxylic acids is 2. The zero-order chi connectivity index (χ0) is 13.4. The van der Waals surface area contributed by atoms with Crippen LogP contribution in [0.15, 0.2) is 35.3 Å². The van der Waals surface area contributed by atoms with Crippen LogP contribution >= 0.6 is 0 Å². The molecule has 0 amide bonds. The number of rotatable bonds is 7. The molecule has 0 atom stereocenters. The van der Waals surface area contributed by atoms with Gasteiger partial charge in [0.25, 0.3) is 0 Å². The van der Waals surface area contributed by atoms with Crippen LogP contribution in [-0.4, -0.2) is 27.9 Å². The number of hydrogen-bond donors (Lipinski definition) is 2. The van der Waals surface area contributed by atoms with Gasteiger partial charge < -0.3 is 10.2 Å². The normalized spacial score (nSPS) is 11.2. The molecule has 0 bridgehead atoms. The second-order valence-electron chi connectivity index (χ2n) is 3.80. The Morgan fingerprint density at radius 3 is 2.28 bits per heavy atom. The number of carboxylic acids is 2. The van der Waals surface area contributed by atoms with Crippen LogP contribution in [0.4, 0.5) is 0 Å². The topological polar surface area (TPSA) is 87.0 Å². The fourth-order valence-electron chi connectivity index (χ4n) is 1.43. The predicted molar refractivity (Wildman–Crippen MR) is 66.7 cm³/mol. The number of benzene rings is 1. The Hall–Kier alpha value is -2.17. The van der Waals surface area contributed by atoms with Crippen molar-refractivity contribution in [2.45, 2.75) is 25.8 Å². The number of nitrogens with zero attached hydrogens (tertiary/aromatic N) is 1. The molecule has 0 fully saturated rings. The van der Waals surface area contributed by atoms with Crippen molar-refractivity contribution in [3.8, 4) is 0 Å². The van der Waals surface area contributed by atoms with Crippen LogP contribution in [0.3, 0.4) is 0 Å². The first-order valence-corrected chi connectivity index (χ1v) is 5.62. The van der Waals surface area contributed by atoms with Gasteiger partial charge in [0.1, 0.15) is 5.71 Å². The lowest BCUT2D eigenvalue weighted by Crippen LogP contribution is -2.14. The maximum Gasteiger partial charge on any atom is 0.349 e.